The van der Waals surface area contributed by atoms with Crippen molar-refractivity contribution in [3.63, 3.8) is 0 Å². The number of carbonyl (C=O) groups is 1. The van der Waals surface area contributed by atoms with Gasteiger partial charge in [0.2, 0.25) is 0 Å². The van der Waals surface area contributed by atoms with Crippen molar-refractivity contribution >= 4 is 16.9 Å². The van der Waals surface area contributed by atoms with E-state index < -0.39 is 11.4 Å². The highest BCUT2D eigenvalue weighted by Crippen LogP contribution is 2.30. The molecule has 20 heavy (non-hydrogen) atoms. The molecule has 0 bridgehead atoms. The third-order valence-corrected chi connectivity index (χ3v) is 3.60. The first-order valence-electron chi connectivity index (χ1n) is 6.75. The molecule has 1 N–H and O–H groups in total. The molecule has 2 aromatic rings. The third kappa shape index (κ3) is 2.55. The van der Waals surface area contributed by atoms with Crippen LogP contribution in [0, 0.1) is 11.2 Å². The second-order valence-corrected chi connectivity index (χ2v) is 6.17. The Bertz CT molecular complexity index is 656. The molecule has 0 unspecified atom stereocenters. The molecule has 0 saturated carbocycles. The lowest BCUT2D eigenvalue weighted by molar-refractivity contribution is -0.146. The molecule has 0 aliphatic heterocycles. The summed E-state index contributed by atoms with van der Waals surface area (Å²) < 4.78 is 15.5. The van der Waals surface area contributed by atoms with Gasteiger partial charge in [0.05, 0.1) is 10.9 Å². The Balaban J connectivity index is 2.58. The number of aromatic nitrogens is 1. The van der Waals surface area contributed by atoms with Crippen molar-refractivity contribution in [2.45, 2.75) is 40.2 Å². The average Bonchev–Trinajstić information content (AvgIpc) is 2.64. The van der Waals surface area contributed by atoms with E-state index in [-0.39, 0.29) is 11.9 Å². The molecule has 4 heteroatoms. The summed E-state index contributed by atoms with van der Waals surface area (Å²) in [6, 6.07) is 6.78. The zero-order valence-corrected chi connectivity index (χ0v) is 12.3. The molecule has 108 valence electrons. The van der Waals surface area contributed by atoms with E-state index in [1.54, 1.807) is 19.9 Å². The maximum Gasteiger partial charge on any atom is 0.309 e. The molecule has 0 spiro atoms. The number of halogens is 1. The highest BCUT2D eigenvalue weighted by molar-refractivity contribution is 5.82. The highest BCUT2D eigenvalue weighted by atomic mass is 19.1. The monoisotopic (exact) mass is 277 g/mol. The van der Waals surface area contributed by atoms with Crippen LogP contribution in [0.1, 0.15) is 39.4 Å². The van der Waals surface area contributed by atoms with E-state index in [0.29, 0.717) is 6.42 Å². The standard InChI is InChI=1S/C16H20FNO2/c1-10(2)18-13(9-16(3,4)15(19)20)7-11-5-6-12(17)8-14(11)18/h5-8,10H,9H2,1-4H3,(H,19,20). The topological polar surface area (TPSA) is 42.2 Å². The summed E-state index contributed by atoms with van der Waals surface area (Å²) in [5.41, 5.74) is 0.892. The number of benzene rings is 1. The summed E-state index contributed by atoms with van der Waals surface area (Å²) >= 11 is 0. The summed E-state index contributed by atoms with van der Waals surface area (Å²) in [5.74, 6) is -1.11. The van der Waals surface area contributed by atoms with E-state index in [9.17, 15) is 14.3 Å². The van der Waals surface area contributed by atoms with E-state index in [0.717, 1.165) is 16.6 Å². The molecule has 0 fully saturated rings. The molecular formula is C16H20FNO2. The Morgan fingerprint density at radius 3 is 2.55 bits per heavy atom. The van der Waals surface area contributed by atoms with Crippen LogP contribution in [0.25, 0.3) is 10.9 Å². The molecule has 1 aromatic heterocycles. The molecule has 0 aliphatic rings. The lowest BCUT2D eigenvalue weighted by atomic mass is 9.88. The first-order valence-corrected chi connectivity index (χ1v) is 6.75. The van der Waals surface area contributed by atoms with Gasteiger partial charge in [0.1, 0.15) is 5.82 Å². The first-order chi connectivity index (χ1) is 9.22. The van der Waals surface area contributed by atoms with Crippen LogP contribution in [0.3, 0.4) is 0 Å². The molecular weight excluding hydrogens is 257 g/mol. The Morgan fingerprint density at radius 2 is 2.00 bits per heavy atom. The fourth-order valence-corrected chi connectivity index (χ4v) is 2.53. The molecule has 0 amide bonds. The van der Waals surface area contributed by atoms with Crippen molar-refractivity contribution in [3.8, 4) is 0 Å². The van der Waals surface area contributed by atoms with Crippen molar-refractivity contribution in [1.82, 2.24) is 4.57 Å². The minimum atomic E-state index is -0.848. The predicted molar refractivity (Wildman–Crippen MR) is 77.4 cm³/mol. The van der Waals surface area contributed by atoms with E-state index in [1.807, 2.05) is 24.5 Å². The number of fused-ring (bicyclic) bond motifs is 1. The van der Waals surface area contributed by atoms with Crippen LogP contribution in [0.15, 0.2) is 24.3 Å². The smallest absolute Gasteiger partial charge is 0.309 e. The SMILES string of the molecule is CC(C)n1c(CC(C)(C)C(=O)O)cc2ccc(F)cc21. The minimum Gasteiger partial charge on any atom is -0.481 e. The Hall–Kier alpha value is -1.84. The quantitative estimate of drug-likeness (QED) is 0.917. The highest BCUT2D eigenvalue weighted by Gasteiger charge is 2.29. The number of carboxylic acid groups (broad SMARTS) is 1. The second kappa shape index (κ2) is 4.93. The molecule has 0 aliphatic carbocycles. The normalized spacial score (nSPS) is 12.3. The molecule has 0 atom stereocenters. The zero-order valence-electron chi connectivity index (χ0n) is 12.3. The Morgan fingerprint density at radius 1 is 1.35 bits per heavy atom. The van der Waals surface area contributed by atoms with Gasteiger partial charge in [-0.1, -0.05) is 0 Å². The first kappa shape index (κ1) is 14.6. The van der Waals surface area contributed by atoms with Crippen LogP contribution in [-0.2, 0) is 11.2 Å². The molecule has 1 heterocycles. The number of aliphatic carboxylic acids is 1. The van der Waals surface area contributed by atoms with Gasteiger partial charge >= 0.3 is 5.97 Å². The van der Waals surface area contributed by atoms with Crippen molar-refractivity contribution in [3.05, 3.63) is 35.8 Å². The summed E-state index contributed by atoms with van der Waals surface area (Å²) in [6.45, 7) is 7.44. The third-order valence-electron chi connectivity index (χ3n) is 3.60. The van der Waals surface area contributed by atoms with Crippen LogP contribution < -0.4 is 0 Å². The van der Waals surface area contributed by atoms with Crippen molar-refractivity contribution < 1.29 is 14.3 Å². The van der Waals surface area contributed by atoms with Crippen LogP contribution in [-0.4, -0.2) is 15.6 Å². The van der Waals surface area contributed by atoms with E-state index >= 15 is 0 Å². The fraction of sp³-hybridized carbons (Fsp3) is 0.438. The molecule has 3 nitrogen and oxygen atoms in total. The summed E-state index contributed by atoms with van der Waals surface area (Å²) in [6.07, 6.45) is 0.414. The van der Waals surface area contributed by atoms with Crippen molar-refractivity contribution in [2.24, 2.45) is 5.41 Å². The number of hydrogen-bond acceptors (Lipinski definition) is 1. The van der Waals surface area contributed by atoms with Crippen molar-refractivity contribution in [2.75, 3.05) is 0 Å². The molecule has 2 rings (SSSR count). The fourth-order valence-electron chi connectivity index (χ4n) is 2.53. The Kier molecular flexibility index (Phi) is 3.59. The minimum absolute atomic E-state index is 0.147. The predicted octanol–water partition coefficient (Wildman–Crippen LogP) is 4.01. The lowest BCUT2D eigenvalue weighted by Crippen LogP contribution is -2.27. The second-order valence-electron chi connectivity index (χ2n) is 6.17. The maximum atomic E-state index is 13.4. The maximum absolute atomic E-state index is 13.4. The van der Waals surface area contributed by atoms with Crippen LogP contribution in [0.2, 0.25) is 0 Å². The largest absolute Gasteiger partial charge is 0.481 e. The molecule has 1 aromatic carbocycles. The van der Waals surface area contributed by atoms with Gasteiger partial charge < -0.3 is 9.67 Å². The van der Waals surface area contributed by atoms with E-state index in [2.05, 4.69) is 0 Å². The van der Waals surface area contributed by atoms with Gasteiger partial charge in [0.25, 0.3) is 0 Å². The number of hydrogen-bond donors (Lipinski definition) is 1. The van der Waals surface area contributed by atoms with Crippen molar-refractivity contribution in [1.29, 1.82) is 0 Å². The van der Waals surface area contributed by atoms with E-state index in [1.165, 1.54) is 12.1 Å². The zero-order chi connectivity index (χ0) is 15.1. The Labute approximate surface area is 118 Å². The van der Waals surface area contributed by atoms with Gasteiger partial charge in [-0.05, 0) is 52.0 Å². The van der Waals surface area contributed by atoms with Gasteiger partial charge in [-0.2, -0.15) is 0 Å². The summed E-state index contributed by atoms with van der Waals surface area (Å²) in [4.78, 5) is 11.3. The van der Waals surface area contributed by atoms with Gasteiger partial charge in [-0.25, -0.2) is 4.39 Å². The van der Waals surface area contributed by atoms with Gasteiger partial charge in [0.15, 0.2) is 0 Å². The van der Waals surface area contributed by atoms with Crippen LogP contribution in [0.4, 0.5) is 4.39 Å². The molecule has 0 saturated heterocycles. The number of nitrogens with zero attached hydrogens (tertiary/aromatic N) is 1. The average molecular weight is 277 g/mol. The van der Waals surface area contributed by atoms with E-state index in [4.69, 9.17) is 0 Å². The van der Waals surface area contributed by atoms with Gasteiger partial charge in [0, 0.05) is 23.5 Å². The van der Waals surface area contributed by atoms with Gasteiger partial charge in [-0.15, -0.1) is 0 Å². The molecule has 0 radical (unpaired) electrons. The summed E-state index contributed by atoms with van der Waals surface area (Å²) in [7, 11) is 0. The lowest BCUT2D eigenvalue weighted by Gasteiger charge is -2.22. The summed E-state index contributed by atoms with van der Waals surface area (Å²) in [5, 5.41) is 10.2. The number of carboxylic acids is 1. The van der Waals surface area contributed by atoms with Crippen LogP contribution >= 0.6 is 0 Å². The van der Waals surface area contributed by atoms with Gasteiger partial charge in [-0.3, -0.25) is 4.79 Å². The van der Waals surface area contributed by atoms with Crippen LogP contribution in [0.5, 0.6) is 0 Å². The number of rotatable bonds is 4.